The van der Waals surface area contributed by atoms with Gasteiger partial charge in [-0.05, 0) is 36.8 Å². The Morgan fingerprint density at radius 1 is 1.30 bits per heavy atom. The van der Waals surface area contributed by atoms with Gasteiger partial charge < -0.3 is 16.2 Å². The van der Waals surface area contributed by atoms with Crippen LogP contribution in [0.15, 0.2) is 42.5 Å². The number of carboxylic acids is 1. The third-order valence-corrected chi connectivity index (χ3v) is 3.27. The van der Waals surface area contributed by atoms with Gasteiger partial charge in [-0.15, -0.1) is 0 Å². The first-order valence-electron chi connectivity index (χ1n) is 6.13. The lowest BCUT2D eigenvalue weighted by Crippen LogP contribution is -2.12. The largest absolute Gasteiger partial charge is 0.478 e. The van der Waals surface area contributed by atoms with Gasteiger partial charge in [0.05, 0.1) is 16.9 Å². The lowest BCUT2D eigenvalue weighted by molar-refractivity contribution is 0.0698. The molecule has 0 heterocycles. The van der Waals surface area contributed by atoms with Crippen LogP contribution < -0.4 is 11.1 Å². The lowest BCUT2D eigenvalue weighted by Gasteiger charge is -2.19. The van der Waals surface area contributed by atoms with Crippen LogP contribution in [0, 0.1) is 0 Å². The predicted molar refractivity (Wildman–Crippen MR) is 81.3 cm³/mol. The molecule has 0 aliphatic rings. The van der Waals surface area contributed by atoms with Gasteiger partial charge in [-0.1, -0.05) is 29.8 Å². The van der Waals surface area contributed by atoms with Crippen LogP contribution in [0.2, 0.25) is 5.02 Å². The fourth-order valence-electron chi connectivity index (χ4n) is 1.99. The van der Waals surface area contributed by atoms with Crippen LogP contribution >= 0.6 is 11.6 Å². The van der Waals surface area contributed by atoms with Crippen molar-refractivity contribution in [3.8, 4) is 0 Å². The average Bonchev–Trinajstić information content (AvgIpc) is 2.40. The second-order valence-electron chi connectivity index (χ2n) is 4.50. The molecule has 0 spiro atoms. The molecule has 0 radical (unpaired) electrons. The highest BCUT2D eigenvalue weighted by Gasteiger charge is 2.15. The van der Waals surface area contributed by atoms with Crippen LogP contribution in [-0.2, 0) is 0 Å². The van der Waals surface area contributed by atoms with Crippen molar-refractivity contribution in [2.75, 3.05) is 11.1 Å². The van der Waals surface area contributed by atoms with Crippen LogP contribution in [-0.4, -0.2) is 11.1 Å². The summed E-state index contributed by atoms with van der Waals surface area (Å²) in [6.45, 7) is 1.92. The molecule has 4 nitrogen and oxygen atoms in total. The highest BCUT2D eigenvalue weighted by molar-refractivity contribution is 6.30. The van der Waals surface area contributed by atoms with E-state index in [1.165, 1.54) is 6.07 Å². The predicted octanol–water partition coefficient (Wildman–Crippen LogP) is 3.79. The zero-order valence-electron chi connectivity index (χ0n) is 10.9. The van der Waals surface area contributed by atoms with Crippen LogP contribution in [0.1, 0.15) is 28.9 Å². The minimum absolute atomic E-state index is 0.114. The van der Waals surface area contributed by atoms with E-state index in [2.05, 4.69) is 5.32 Å². The van der Waals surface area contributed by atoms with E-state index in [1.807, 2.05) is 25.1 Å². The highest BCUT2D eigenvalue weighted by Crippen LogP contribution is 2.28. The summed E-state index contributed by atoms with van der Waals surface area (Å²) in [5.41, 5.74) is 7.80. The second kappa shape index (κ2) is 5.84. The third kappa shape index (κ3) is 3.03. The molecule has 20 heavy (non-hydrogen) atoms. The van der Waals surface area contributed by atoms with Crippen molar-refractivity contribution in [2.45, 2.75) is 13.0 Å². The average molecular weight is 291 g/mol. The van der Waals surface area contributed by atoms with E-state index < -0.39 is 5.97 Å². The molecule has 104 valence electrons. The van der Waals surface area contributed by atoms with E-state index in [4.69, 9.17) is 17.3 Å². The van der Waals surface area contributed by atoms with E-state index in [-0.39, 0.29) is 11.6 Å². The molecule has 0 fully saturated rings. The first-order chi connectivity index (χ1) is 9.49. The summed E-state index contributed by atoms with van der Waals surface area (Å²) in [4.78, 5) is 11.2. The molecular formula is C15H15ClN2O2. The van der Waals surface area contributed by atoms with Gasteiger partial charge in [0.25, 0.3) is 0 Å². The van der Waals surface area contributed by atoms with Crippen molar-refractivity contribution in [1.29, 1.82) is 0 Å². The molecule has 2 aromatic rings. The monoisotopic (exact) mass is 290 g/mol. The van der Waals surface area contributed by atoms with Crippen LogP contribution in [0.5, 0.6) is 0 Å². The molecule has 0 saturated heterocycles. The molecule has 0 amide bonds. The Kier molecular flexibility index (Phi) is 4.15. The Balaban J connectivity index is 2.32. The summed E-state index contributed by atoms with van der Waals surface area (Å²) in [5.74, 6) is -1.02. The van der Waals surface area contributed by atoms with Crippen LogP contribution in [0.3, 0.4) is 0 Å². The van der Waals surface area contributed by atoms with Gasteiger partial charge in [-0.3, -0.25) is 0 Å². The summed E-state index contributed by atoms with van der Waals surface area (Å²) in [6.07, 6.45) is 0. The number of hydrogen-bond acceptors (Lipinski definition) is 3. The van der Waals surface area contributed by atoms with Gasteiger partial charge >= 0.3 is 5.97 Å². The summed E-state index contributed by atoms with van der Waals surface area (Å²) in [5, 5.41) is 13.0. The number of rotatable bonds is 4. The number of carbonyl (C=O) groups is 1. The maximum Gasteiger partial charge on any atom is 0.337 e. The number of benzene rings is 2. The fraction of sp³-hybridized carbons (Fsp3) is 0.133. The first-order valence-corrected chi connectivity index (χ1v) is 6.50. The Morgan fingerprint density at radius 2 is 2.00 bits per heavy atom. The fourth-order valence-corrected chi connectivity index (χ4v) is 2.18. The van der Waals surface area contributed by atoms with E-state index in [0.29, 0.717) is 16.4 Å². The molecule has 0 aliphatic carbocycles. The lowest BCUT2D eigenvalue weighted by atomic mass is 10.1. The third-order valence-electron chi connectivity index (χ3n) is 3.04. The number of aromatic carboxylic acids is 1. The topological polar surface area (TPSA) is 75.3 Å². The molecule has 1 atom stereocenters. The number of hydrogen-bond donors (Lipinski definition) is 3. The van der Waals surface area contributed by atoms with Crippen molar-refractivity contribution in [1.82, 2.24) is 0 Å². The van der Waals surface area contributed by atoms with Crippen LogP contribution in [0.4, 0.5) is 11.4 Å². The minimum Gasteiger partial charge on any atom is -0.478 e. The number of anilines is 2. The maximum atomic E-state index is 11.2. The van der Waals surface area contributed by atoms with Crippen molar-refractivity contribution >= 4 is 28.9 Å². The summed E-state index contributed by atoms with van der Waals surface area (Å²) in [6, 6.07) is 12.1. The Hall–Kier alpha value is -2.20. The Morgan fingerprint density at radius 3 is 2.65 bits per heavy atom. The van der Waals surface area contributed by atoms with Gasteiger partial charge in [-0.2, -0.15) is 0 Å². The maximum absolute atomic E-state index is 11.2. The van der Waals surface area contributed by atoms with Crippen molar-refractivity contribution in [2.24, 2.45) is 0 Å². The molecule has 2 rings (SSSR count). The second-order valence-corrected chi connectivity index (χ2v) is 4.93. The normalized spacial score (nSPS) is 11.9. The SMILES string of the molecule is CC(Nc1c(N)cccc1C(=O)O)c1cccc(Cl)c1. The summed E-state index contributed by atoms with van der Waals surface area (Å²) in [7, 11) is 0. The molecule has 2 aromatic carbocycles. The van der Waals surface area contributed by atoms with Crippen molar-refractivity contribution in [3.63, 3.8) is 0 Å². The Bertz CT molecular complexity index is 644. The molecule has 0 aliphatic heterocycles. The van der Waals surface area contributed by atoms with Gasteiger partial charge in [0.15, 0.2) is 0 Å². The van der Waals surface area contributed by atoms with E-state index in [0.717, 1.165) is 5.56 Å². The van der Waals surface area contributed by atoms with Gasteiger partial charge in [0, 0.05) is 11.1 Å². The van der Waals surface area contributed by atoms with Crippen molar-refractivity contribution < 1.29 is 9.90 Å². The minimum atomic E-state index is -1.02. The van der Waals surface area contributed by atoms with E-state index in [1.54, 1.807) is 18.2 Å². The molecule has 5 heteroatoms. The molecule has 0 aromatic heterocycles. The molecular weight excluding hydrogens is 276 g/mol. The van der Waals surface area contributed by atoms with Gasteiger partial charge in [-0.25, -0.2) is 4.79 Å². The number of nitrogens with two attached hydrogens (primary N) is 1. The first kappa shape index (κ1) is 14.2. The zero-order valence-corrected chi connectivity index (χ0v) is 11.7. The number of carboxylic acid groups (broad SMARTS) is 1. The quantitative estimate of drug-likeness (QED) is 0.749. The van der Waals surface area contributed by atoms with Crippen molar-refractivity contribution in [3.05, 3.63) is 58.6 Å². The van der Waals surface area contributed by atoms with E-state index >= 15 is 0 Å². The Labute approximate surface area is 122 Å². The number of nitrogen functional groups attached to an aromatic ring is 1. The van der Waals surface area contributed by atoms with Gasteiger partial charge in [0.1, 0.15) is 0 Å². The number of nitrogens with one attached hydrogen (secondary N) is 1. The molecule has 1 unspecified atom stereocenters. The molecule has 0 bridgehead atoms. The highest BCUT2D eigenvalue weighted by atomic mass is 35.5. The van der Waals surface area contributed by atoms with Crippen LogP contribution in [0.25, 0.3) is 0 Å². The molecule has 0 saturated carbocycles. The summed E-state index contributed by atoms with van der Waals surface area (Å²) >= 11 is 5.96. The number of para-hydroxylation sites is 1. The smallest absolute Gasteiger partial charge is 0.337 e. The summed E-state index contributed by atoms with van der Waals surface area (Å²) < 4.78 is 0. The van der Waals surface area contributed by atoms with Gasteiger partial charge in [0.2, 0.25) is 0 Å². The zero-order chi connectivity index (χ0) is 14.7. The standard InChI is InChI=1S/C15H15ClN2O2/c1-9(10-4-2-5-11(16)8-10)18-14-12(15(19)20)6-3-7-13(14)17/h2-9,18H,17H2,1H3,(H,19,20). The molecule has 4 N–H and O–H groups in total. The number of halogens is 1. The van der Waals surface area contributed by atoms with E-state index in [9.17, 15) is 9.90 Å².